The van der Waals surface area contributed by atoms with E-state index in [1.807, 2.05) is 0 Å². The molecule has 136 valence electrons. The second-order valence-corrected chi connectivity index (χ2v) is 6.86. The number of urea groups is 1. The number of nitrogens with zero attached hydrogens (tertiary/aromatic N) is 1. The van der Waals surface area contributed by atoms with Crippen LogP contribution in [0, 0.1) is 24.1 Å². The van der Waals surface area contributed by atoms with Gasteiger partial charge >= 0.3 is 6.03 Å². The Labute approximate surface area is 146 Å². The Morgan fingerprint density at radius 3 is 2.72 bits per heavy atom. The molecule has 1 unspecified atom stereocenters. The molecule has 1 spiro atoms. The van der Waals surface area contributed by atoms with Crippen molar-refractivity contribution in [1.82, 2.24) is 10.2 Å². The van der Waals surface area contributed by atoms with Gasteiger partial charge in [-0.05, 0) is 31.9 Å². The van der Waals surface area contributed by atoms with E-state index < -0.39 is 0 Å². The molecule has 0 radical (unpaired) electrons. The Hall–Kier alpha value is -2.15. The van der Waals surface area contributed by atoms with Gasteiger partial charge in [0.15, 0.2) is 0 Å². The van der Waals surface area contributed by atoms with Crippen LogP contribution in [0.25, 0.3) is 0 Å². The molecule has 6 nitrogen and oxygen atoms in total. The highest BCUT2D eigenvalue weighted by Gasteiger charge is 2.51. The van der Waals surface area contributed by atoms with Crippen molar-refractivity contribution in [2.24, 2.45) is 11.3 Å². The fourth-order valence-electron chi connectivity index (χ4n) is 3.88. The SMILES string of the molecule is CNC(=O)C1CN(C(=O)Nc2cccc(F)c2C)CC12CCOCC2. The largest absolute Gasteiger partial charge is 0.381 e. The molecular weight excluding hydrogens is 325 g/mol. The van der Waals surface area contributed by atoms with Crippen molar-refractivity contribution in [2.45, 2.75) is 19.8 Å². The highest BCUT2D eigenvalue weighted by atomic mass is 19.1. The van der Waals surface area contributed by atoms with E-state index in [1.54, 1.807) is 31.0 Å². The molecule has 2 saturated heterocycles. The number of carbonyl (C=O) groups excluding carboxylic acids is 2. The van der Waals surface area contributed by atoms with E-state index in [0.29, 0.717) is 37.6 Å². The zero-order valence-corrected chi connectivity index (χ0v) is 14.6. The maximum absolute atomic E-state index is 13.7. The number of hydrogen-bond acceptors (Lipinski definition) is 3. The Morgan fingerprint density at radius 1 is 1.32 bits per heavy atom. The maximum Gasteiger partial charge on any atom is 0.321 e. The molecule has 1 aromatic rings. The monoisotopic (exact) mass is 349 g/mol. The lowest BCUT2D eigenvalue weighted by Crippen LogP contribution is -2.43. The van der Waals surface area contributed by atoms with Crippen LogP contribution in [-0.4, -0.2) is 50.2 Å². The van der Waals surface area contributed by atoms with E-state index in [4.69, 9.17) is 4.74 Å². The Morgan fingerprint density at radius 2 is 2.04 bits per heavy atom. The van der Waals surface area contributed by atoms with Crippen LogP contribution in [0.1, 0.15) is 18.4 Å². The first-order valence-corrected chi connectivity index (χ1v) is 8.57. The average Bonchev–Trinajstić information content (AvgIpc) is 2.98. The summed E-state index contributed by atoms with van der Waals surface area (Å²) in [7, 11) is 1.62. The summed E-state index contributed by atoms with van der Waals surface area (Å²) in [5.41, 5.74) is 0.611. The number of benzene rings is 1. The summed E-state index contributed by atoms with van der Waals surface area (Å²) in [5.74, 6) is -0.650. The number of rotatable bonds is 2. The van der Waals surface area contributed by atoms with Gasteiger partial charge in [-0.1, -0.05) is 6.07 Å². The van der Waals surface area contributed by atoms with Gasteiger partial charge in [-0.15, -0.1) is 0 Å². The lowest BCUT2D eigenvalue weighted by molar-refractivity contribution is -0.129. The lowest BCUT2D eigenvalue weighted by atomic mass is 9.72. The predicted molar refractivity (Wildman–Crippen MR) is 91.8 cm³/mol. The number of carbonyl (C=O) groups is 2. The minimum atomic E-state index is -0.358. The Kier molecular flexibility index (Phi) is 4.94. The predicted octanol–water partition coefficient (Wildman–Crippen LogP) is 2.14. The topological polar surface area (TPSA) is 70.7 Å². The number of nitrogens with one attached hydrogen (secondary N) is 2. The van der Waals surface area contributed by atoms with Gasteiger partial charge in [0.05, 0.1) is 5.92 Å². The highest BCUT2D eigenvalue weighted by Crippen LogP contribution is 2.44. The van der Waals surface area contributed by atoms with Crippen LogP contribution in [0.5, 0.6) is 0 Å². The van der Waals surface area contributed by atoms with E-state index in [9.17, 15) is 14.0 Å². The van der Waals surface area contributed by atoms with Crippen LogP contribution in [0.3, 0.4) is 0 Å². The van der Waals surface area contributed by atoms with Crippen LogP contribution in [-0.2, 0) is 9.53 Å². The zero-order chi connectivity index (χ0) is 18.0. The van der Waals surface area contributed by atoms with Gasteiger partial charge in [0.1, 0.15) is 5.82 Å². The number of hydrogen-bond donors (Lipinski definition) is 2. The van der Waals surface area contributed by atoms with Crippen molar-refractivity contribution < 1.29 is 18.7 Å². The molecule has 2 aliphatic rings. The van der Waals surface area contributed by atoms with Crippen LogP contribution < -0.4 is 10.6 Å². The molecule has 0 aliphatic carbocycles. The van der Waals surface area contributed by atoms with Gasteiger partial charge in [-0.2, -0.15) is 0 Å². The quantitative estimate of drug-likeness (QED) is 0.859. The molecule has 2 fully saturated rings. The van der Waals surface area contributed by atoms with Crippen molar-refractivity contribution >= 4 is 17.6 Å². The fraction of sp³-hybridized carbons (Fsp3) is 0.556. The normalized spacial score (nSPS) is 22.0. The van der Waals surface area contributed by atoms with Gasteiger partial charge in [0, 0.05) is 50.0 Å². The lowest BCUT2D eigenvalue weighted by Gasteiger charge is -2.36. The summed E-state index contributed by atoms with van der Waals surface area (Å²) in [5, 5.41) is 5.49. The van der Waals surface area contributed by atoms with E-state index in [1.165, 1.54) is 6.07 Å². The van der Waals surface area contributed by atoms with Crippen molar-refractivity contribution in [3.8, 4) is 0 Å². The molecule has 1 aromatic carbocycles. The summed E-state index contributed by atoms with van der Waals surface area (Å²) in [6.07, 6.45) is 1.52. The van der Waals surface area contributed by atoms with Crippen LogP contribution >= 0.6 is 0 Å². The van der Waals surface area contributed by atoms with Gasteiger partial charge in [0.2, 0.25) is 5.91 Å². The van der Waals surface area contributed by atoms with E-state index in [0.717, 1.165) is 12.8 Å². The standard InChI is InChI=1S/C18H24FN3O3/c1-12-14(19)4-3-5-15(12)21-17(24)22-10-13(16(23)20-2)18(11-22)6-8-25-9-7-18/h3-5,13H,6-11H2,1-2H3,(H,20,23)(H,21,24). The first-order chi connectivity index (χ1) is 12.0. The molecule has 3 amide bonds. The summed E-state index contributed by atoms with van der Waals surface area (Å²) in [6, 6.07) is 4.30. The molecule has 0 bridgehead atoms. The third-order valence-electron chi connectivity index (χ3n) is 5.50. The van der Waals surface area contributed by atoms with Crippen molar-refractivity contribution in [3.05, 3.63) is 29.6 Å². The second-order valence-electron chi connectivity index (χ2n) is 6.86. The zero-order valence-electron chi connectivity index (χ0n) is 14.6. The second kappa shape index (κ2) is 7.00. The first-order valence-electron chi connectivity index (χ1n) is 8.57. The Bertz CT molecular complexity index is 674. The van der Waals surface area contributed by atoms with E-state index in [2.05, 4.69) is 10.6 Å². The molecular formula is C18H24FN3O3. The van der Waals surface area contributed by atoms with E-state index >= 15 is 0 Å². The summed E-state index contributed by atoms with van der Waals surface area (Å²) < 4.78 is 19.1. The molecule has 0 saturated carbocycles. The van der Waals surface area contributed by atoms with Gasteiger partial charge in [0.25, 0.3) is 0 Å². The summed E-state index contributed by atoms with van der Waals surface area (Å²) >= 11 is 0. The van der Waals surface area contributed by atoms with Crippen molar-refractivity contribution in [2.75, 3.05) is 38.7 Å². The number of ether oxygens (including phenoxy) is 1. The van der Waals surface area contributed by atoms with Gasteiger partial charge < -0.3 is 20.3 Å². The number of likely N-dealkylation sites (tertiary alicyclic amines) is 1. The van der Waals surface area contributed by atoms with Crippen LogP contribution in [0.15, 0.2) is 18.2 Å². The minimum absolute atomic E-state index is 0.0425. The molecule has 2 heterocycles. The molecule has 2 aliphatic heterocycles. The fourth-order valence-corrected chi connectivity index (χ4v) is 3.88. The molecule has 7 heteroatoms. The van der Waals surface area contributed by atoms with Gasteiger partial charge in [-0.3, -0.25) is 4.79 Å². The third-order valence-corrected chi connectivity index (χ3v) is 5.50. The Balaban J connectivity index is 1.77. The highest BCUT2D eigenvalue weighted by molar-refractivity contribution is 5.91. The van der Waals surface area contributed by atoms with Gasteiger partial charge in [-0.25, -0.2) is 9.18 Å². The molecule has 0 aromatic heterocycles. The first kappa shape index (κ1) is 17.7. The molecule has 25 heavy (non-hydrogen) atoms. The van der Waals surface area contributed by atoms with Crippen LogP contribution in [0.4, 0.5) is 14.9 Å². The molecule has 1 atom stereocenters. The summed E-state index contributed by atoms with van der Waals surface area (Å²) in [6.45, 7) is 3.70. The van der Waals surface area contributed by atoms with Crippen LogP contribution in [0.2, 0.25) is 0 Å². The third kappa shape index (κ3) is 3.33. The van der Waals surface area contributed by atoms with Crippen molar-refractivity contribution in [3.63, 3.8) is 0 Å². The minimum Gasteiger partial charge on any atom is -0.381 e. The number of amides is 3. The number of halogens is 1. The average molecular weight is 349 g/mol. The summed E-state index contributed by atoms with van der Waals surface area (Å²) in [4.78, 5) is 26.7. The smallest absolute Gasteiger partial charge is 0.321 e. The van der Waals surface area contributed by atoms with E-state index in [-0.39, 0.29) is 29.1 Å². The molecule has 2 N–H and O–H groups in total. The molecule has 3 rings (SSSR count). The maximum atomic E-state index is 13.7. The number of anilines is 1. The van der Waals surface area contributed by atoms with Crippen molar-refractivity contribution in [1.29, 1.82) is 0 Å².